The number of rotatable bonds is 3. The van der Waals surface area contributed by atoms with Crippen molar-refractivity contribution in [2.24, 2.45) is 11.7 Å². The molecule has 1 saturated heterocycles. The van der Waals surface area contributed by atoms with Gasteiger partial charge in [-0.2, -0.15) is 5.26 Å². The Kier molecular flexibility index (Phi) is 6.39. The van der Waals surface area contributed by atoms with Gasteiger partial charge >= 0.3 is 0 Å². The van der Waals surface area contributed by atoms with Gasteiger partial charge in [0.2, 0.25) is 5.91 Å². The largest absolute Gasteiger partial charge is 0.325 e. The molecule has 0 aromatic carbocycles. The molecular weight excluding hydrogens is 226 g/mol. The summed E-state index contributed by atoms with van der Waals surface area (Å²) in [6, 6.07) is 1.44. The maximum absolute atomic E-state index is 12.0. The lowest BCUT2D eigenvalue weighted by Crippen LogP contribution is -2.48. The van der Waals surface area contributed by atoms with Crippen LogP contribution in [0.3, 0.4) is 0 Å². The molecule has 92 valence electrons. The number of hydrogen-bond donors (Lipinski definition) is 1. The summed E-state index contributed by atoms with van der Waals surface area (Å²) < 4.78 is 0. The van der Waals surface area contributed by atoms with Crippen molar-refractivity contribution in [2.45, 2.75) is 45.2 Å². The molecule has 2 unspecified atom stereocenters. The van der Waals surface area contributed by atoms with Crippen molar-refractivity contribution < 1.29 is 4.79 Å². The number of likely N-dealkylation sites (tertiary alicyclic amines) is 1. The molecule has 0 saturated carbocycles. The SMILES string of the molecule is CCC(C)[C@H](N)C(=O)N1CCCC1C#N.Cl. The Balaban J connectivity index is 0.00000225. The minimum Gasteiger partial charge on any atom is -0.325 e. The van der Waals surface area contributed by atoms with E-state index in [4.69, 9.17) is 11.0 Å². The van der Waals surface area contributed by atoms with Gasteiger partial charge in [-0.15, -0.1) is 12.4 Å². The molecule has 0 spiro atoms. The maximum Gasteiger partial charge on any atom is 0.240 e. The maximum atomic E-state index is 12.0. The molecule has 0 radical (unpaired) electrons. The fourth-order valence-electron chi connectivity index (χ4n) is 1.85. The molecule has 1 aliphatic rings. The van der Waals surface area contributed by atoms with Gasteiger partial charge < -0.3 is 10.6 Å². The van der Waals surface area contributed by atoms with Crippen LogP contribution >= 0.6 is 12.4 Å². The zero-order chi connectivity index (χ0) is 11.4. The van der Waals surface area contributed by atoms with Gasteiger partial charge in [0.1, 0.15) is 6.04 Å². The predicted octanol–water partition coefficient (Wildman–Crippen LogP) is 1.30. The molecule has 1 heterocycles. The molecular formula is C11H20ClN3O. The minimum absolute atomic E-state index is 0. The number of carbonyl (C=O) groups is 1. The quantitative estimate of drug-likeness (QED) is 0.815. The van der Waals surface area contributed by atoms with Crippen molar-refractivity contribution in [1.82, 2.24) is 4.90 Å². The zero-order valence-corrected chi connectivity index (χ0v) is 10.7. The van der Waals surface area contributed by atoms with Crippen molar-refractivity contribution in [3.63, 3.8) is 0 Å². The van der Waals surface area contributed by atoms with Crippen LogP contribution in [0.2, 0.25) is 0 Å². The van der Waals surface area contributed by atoms with Gasteiger partial charge in [0, 0.05) is 6.54 Å². The van der Waals surface area contributed by atoms with Crippen LogP contribution in [0.4, 0.5) is 0 Å². The Hall–Kier alpha value is -0.790. The summed E-state index contributed by atoms with van der Waals surface area (Å²) in [5.41, 5.74) is 5.87. The van der Waals surface area contributed by atoms with Crippen LogP contribution in [0, 0.1) is 17.2 Å². The van der Waals surface area contributed by atoms with E-state index in [1.54, 1.807) is 4.90 Å². The van der Waals surface area contributed by atoms with Crippen molar-refractivity contribution in [2.75, 3.05) is 6.54 Å². The van der Waals surface area contributed by atoms with Crippen LogP contribution < -0.4 is 5.73 Å². The van der Waals surface area contributed by atoms with Crippen molar-refractivity contribution in [1.29, 1.82) is 5.26 Å². The molecule has 0 aromatic rings. The van der Waals surface area contributed by atoms with E-state index >= 15 is 0 Å². The summed E-state index contributed by atoms with van der Waals surface area (Å²) in [5, 5.41) is 8.88. The Bertz CT molecular complexity index is 277. The highest BCUT2D eigenvalue weighted by atomic mass is 35.5. The first kappa shape index (κ1) is 15.2. The smallest absolute Gasteiger partial charge is 0.240 e. The first-order valence-electron chi connectivity index (χ1n) is 5.57. The van der Waals surface area contributed by atoms with E-state index in [9.17, 15) is 4.79 Å². The third-order valence-corrected chi connectivity index (χ3v) is 3.23. The lowest BCUT2D eigenvalue weighted by atomic mass is 9.99. The van der Waals surface area contributed by atoms with E-state index in [0.29, 0.717) is 6.54 Å². The van der Waals surface area contributed by atoms with E-state index in [-0.39, 0.29) is 30.3 Å². The second-order valence-corrected chi connectivity index (χ2v) is 4.23. The normalized spacial score (nSPS) is 23.1. The van der Waals surface area contributed by atoms with Crippen LogP contribution in [-0.2, 0) is 4.79 Å². The predicted molar refractivity (Wildman–Crippen MR) is 65.0 cm³/mol. The average molecular weight is 246 g/mol. The monoisotopic (exact) mass is 245 g/mol. The molecule has 16 heavy (non-hydrogen) atoms. The van der Waals surface area contributed by atoms with E-state index in [2.05, 4.69) is 6.07 Å². The van der Waals surface area contributed by atoms with Gasteiger partial charge in [-0.3, -0.25) is 4.79 Å². The summed E-state index contributed by atoms with van der Waals surface area (Å²) in [6.45, 7) is 4.67. The summed E-state index contributed by atoms with van der Waals surface area (Å²) in [6.07, 6.45) is 2.59. The molecule has 3 atom stereocenters. The van der Waals surface area contributed by atoms with Crippen LogP contribution in [0.25, 0.3) is 0 Å². The summed E-state index contributed by atoms with van der Waals surface area (Å²) in [5.74, 6) is 0.117. The van der Waals surface area contributed by atoms with E-state index in [1.807, 2.05) is 13.8 Å². The van der Waals surface area contributed by atoms with E-state index in [1.165, 1.54) is 0 Å². The van der Waals surface area contributed by atoms with Crippen LogP contribution in [0.15, 0.2) is 0 Å². The number of nitrogens with two attached hydrogens (primary N) is 1. The number of hydrogen-bond acceptors (Lipinski definition) is 3. The Labute approximate surface area is 103 Å². The van der Waals surface area contributed by atoms with Crippen molar-refractivity contribution in [3.8, 4) is 6.07 Å². The summed E-state index contributed by atoms with van der Waals surface area (Å²) in [7, 11) is 0. The molecule has 1 amide bonds. The second-order valence-electron chi connectivity index (χ2n) is 4.23. The summed E-state index contributed by atoms with van der Waals surface area (Å²) >= 11 is 0. The molecule has 2 N–H and O–H groups in total. The second kappa shape index (κ2) is 6.72. The van der Waals surface area contributed by atoms with E-state index < -0.39 is 6.04 Å². The molecule has 1 aliphatic heterocycles. The van der Waals surface area contributed by atoms with Gasteiger partial charge in [-0.05, 0) is 18.8 Å². The number of halogens is 1. The zero-order valence-electron chi connectivity index (χ0n) is 9.85. The fourth-order valence-corrected chi connectivity index (χ4v) is 1.85. The van der Waals surface area contributed by atoms with Crippen LogP contribution in [0.5, 0.6) is 0 Å². The average Bonchev–Trinajstić information content (AvgIpc) is 2.73. The molecule has 0 aromatic heterocycles. The Morgan fingerprint density at radius 3 is 2.81 bits per heavy atom. The number of nitrogens with zero attached hydrogens (tertiary/aromatic N) is 2. The number of amides is 1. The molecule has 1 fully saturated rings. The Morgan fingerprint density at radius 2 is 2.31 bits per heavy atom. The minimum atomic E-state index is -0.455. The van der Waals surface area contributed by atoms with Gasteiger partial charge in [-0.25, -0.2) is 0 Å². The number of nitriles is 1. The lowest BCUT2D eigenvalue weighted by molar-refractivity contribution is -0.133. The van der Waals surface area contributed by atoms with E-state index in [0.717, 1.165) is 19.3 Å². The molecule has 1 rings (SSSR count). The van der Waals surface area contributed by atoms with Crippen molar-refractivity contribution >= 4 is 18.3 Å². The van der Waals surface area contributed by atoms with Crippen molar-refractivity contribution in [3.05, 3.63) is 0 Å². The first-order valence-corrected chi connectivity index (χ1v) is 5.57. The third kappa shape index (κ3) is 3.10. The summed E-state index contributed by atoms with van der Waals surface area (Å²) in [4.78, 5) is 13.6. The molecule has 4 nitrogen and oxygen atoms in total. The highest BCUT2D eigenvalue weighted by molar-refractivity contribution is 5.85. The first-order chi connectivity index (χ1) is 7.11. The van der Waals surface area contributed by atoms with Gasteiger partial charge in [0.05, 0.1) is 12.1 Å². The third-order valence-electron chi connectivity index (χ3n) is 3.23. The molecule has 0 bridgehead atoms. The molecule has 5 heteroatoms. The molecule has 0 aliphatic carbocycles. The topological polar surface area (TPSA) is 70.1 Å². The van der Waals surface area contributed by atoms with Gasteiger partial charge in [0.15, 0.2) is 0 Å². The van der Waals surface area contributed by atoms with Crippen LogP contribution in [0.1, 0.15) is 33.1 Å². The van der Waals surface area contributed by atoms with Gasteiger partial charge in [-0.1, -0.05) is 20.3 Å². The highest BCUT2D eigenvalue weighted by Crippen LogP contribution is 2.19. The standard InChI is InChI=1S/C11H19N3O.ClH/c1-3-8(2)10(13)11(15)14-6-4-5-9(14)7-12;/h8-10H,3-6,13H2,1-2H3;1H/t8?,9?,10-;/m0./s1. The number of carbonyl (C=O) groups excluding carboxylic acids is 1. The van der Waals surface area contributed by atoms with Crippen LogP contribution in [-0.4, -0.2) is 29.4 Å². The fraction of sp³-hybridized carbons (Fsp3) is 0.818. The lowest BCUT2D eigenvalue weighted by Gasteiger charge is -2.26. The Morgan fingerprint density at radius 1 is 1.69 bits per heavy atom. The highest BCUT2D eigenvalue weighted by Gasteiger charge is 2.33. The van der Waals surface area contributed by atoms with Gasteiger partial charge in [0.25, 0.3) is 0 Å².